The van der Waals surface area contributed by atoms with Crippen LogP contribution in [-0.4, -0.2) is 59.5 Å². The van der Waals surface area contributed by atoms with Crippen LogP contribution in [0.5, 0.6) is 0 Å². The summed E-state index contributed by atoms with van der Waals surface area (Å²) in [4.78, 5) is 36.3. The lowest BCUT2D eigenvalue weighted by atomic mass is 10.1. The molecule has 0 spiro atoms. The first-order valence-electron chi connectivity index (χ1n) is 9.36. The lowest BCUT2D eigenvalue weighted by Crippen LogP contribution is -2.49. The van der Waals surface area contributed by atoms with Gasteiger partial charge < -0.3 is 19.9 Å². The predicted octanol–water partition coefficient (Wildman–Crippen LogP) is 3.01. The predicted molar refractivity (Wildman–Crippen MR) is 107 cm³/mol. The number of benzene rings is 1. The fraction of sp³-hybridized carbons (Fsp3) is 0.400. The second-order valence-electron chi connectivity index (χ2n) is 6.63. The number of aromatic nitrogens is 2. The normalized spacial score (nSPS) is 14.0. The monoisotopic (exact) mass is 383 g/mol. The summed E-state index contributed by atoms with van der Waals surface area (Å²) in [5.74, 6) is 1.30. The summed E-state index contributed by atoms with van der Waals surface area (Å²) in [5, 5.41) is 3.25. The lowest BCUT2D eigenvalue weighted by molar-refractivity contribution is 0.101. The molecule has 8 heteroatoms. The molecular formula is C20H25N5O3. The van der Waals surface area contributed by atoms with Crippen LogP contribution in [0.4, 0.5) is 22.2 Å². The number of rotatable bonds is 5. The van der Waals surface area contributed by atoms with Gasteiger partial charge in [-0.1, -0.05) is 12.1 Å². The summed E-state index contributed by atoms with van der Waals surface area (Å²) in [5.41, 5.74) is 2.28. The van der Waals surface area contributed by atoms with Gasteiger partial charge in [0.1, 0.15) is 5.82 Å². The third kappa shape index (κ3) is 4.76. The molecule has 1 fully saturated rings. The third-order valence-corrected chi connectivity index (χ3v) is 4.47. The maximum absolute atomic E-state index is 11.8. The van der Waals surface area contributed by atoms with E-state index in [-0.39, 0.29) is 11.9 Å². The number of hydrogen-bond acceptors (Lipinski definition) is 7. The SMILES string of the molecule is CCOC(=O)N1CCN(c2nc(C)cc(Nc3cccc(C(C)=O)c3)n2)CC1. The smallest absolute Gasteiger partial charge is 0.409 e. The molecule has 1 aliphatic heterocycles. The number of nitrogens with zero attached hydrogens (tertiary/aromatic N) is 4. The quantitative estimate of drug-likeness (QED) is 0.794. The fourth-order valence-electron chi connectivity index (χ4n) is 3.03. The molecule has 2 aromatic rings. The van der Waals surface area contributed by atoms with Gasteiger partial charge >= 0.3 is 6.09 Å². The maximum Gasteiger partial charge on any atom is 0.409 e. The minimum atomic E-state index is -0.278. The Bertz CT molecular complexity index is 863. The number of carbonyl (C=O) groups is 2. The number of amides is 1. The summed E-state index contributed by atoms with van der Waals surface area (Å²) >= 11 is 0. The van der Waals surface area contributed by atoms with Crippen LogP contribution < -0.4 is 10.2 Å². The summed E-state index contributed by atoms with van der Waals surface area (Å²) in [6, 6.07) is 9.17. The van der Waals surface area contributed by atoms with Gasteiger partial charge in [0.2, 0.25) is 5.95 Å². The molecule has 0 atom stereocenters. The van der Waals surface area contributed by atoms with Crippen molar-refractivity contribution in [2.24, 2.45) is 0 Å². The lowest BCUT2D eigenvalue weighted by Gasteiger charge is -2.34. The minimum Gasteiger partial charge on any atom is -0.450 e. The zero-order valence-corrected chi connectivity index (χ0v) is 16.4. The molecule has 28 heavy (non-hydrogen) atoms. The molecule has 1 aliphatic rings. The standard InChI is InChI=1S/C20H25N5O3/c1-4-28-20(27)25-10-8-24(9-11-25)19-21-14(2)12-18(23-19)22-17-7-5-6-16(13-17)15(3)26/h5-7,12-13H,4,8-11H2,1-3H3,(H,21,22,23). The highest BCUT2D eigenvalue weighted by molar-refractivity contribution is 5.95. The van der Waals surface area contributed by atoms with Crippen LogP contribution >= 0.6 is 0 Å². The molecule has 0 saturated carbocycles. The highest BCUT2D eigenvalue weighted by Crippen LogP contribution is 2.20. The Morgan fingerprint density at radius 3 is 2.57 bits per heavy atom. The molecule has 0 aliphatic carbocycles. The average molecular weight is 383 g/mol. The van der Waals surface area contributed by atoms with Gasteiger partial charge in [0.05, 0.1) is 6.61 Å². The van der Waals surface area contributed by atoms with E-state index in [0.717, 1.165) is 11.4 Å². The van der Waals surface area contributed by atoms with Gasteiger partial charge in [0.15, 0.2) is 5.78 Å². The van der Waals surface area contributed by atoms with Crippen LogP contribution in [0.3, 0.4) is 0 Å². The van der Waals surface area contributed by atoms with Gasteiger partial charge in [-0.3, -0.25) is 4.79 Å². The molecule has 1 amide bonds. The molecule has 1 aromatic heterocycles. The number of aryl methyl sites for hydroxylation is 1. The van der Waals surface area contributed by atoms with E-state index in [0.29, 0.717) is 50.1 Å². The van der Waals surface area contributed by atoms with Crippen molar-refractivity contribution in [1.29, 1.82) is 0 Å². The molecule has 1 saturated heterocycles. The highest BCUT2D eigenvalue weighted by atomic mass is 16.6. The zero-order valence-electron chi connectivity index (χ0n) is 16.4. The van der Waals surface area contributed by atoms with Crippen molar-refractivity contribution in [3.63, 3.8) is 0 Å². The Balaban J connectivity index is 1.71. The van der Waals surface area contributed by atoms with Crippen molar-refractivity contribution in [1.82, 2.24) is 14.9 Å². The van der Waals surface area contributed by atoms with Crippen LogP contribution in [0.15, 0.2) is 30.3 Å². The maximum atomic E-state index is 11.8. The number of anilines is 3. The van der Waals surface area contributed by atoms with Gasteiger partial charge in [-0.05, 0) is 32.9 Å². The summed E-state index contributed by atoms with van der Waals surface area (Å²) in [6.07, 6.45) is -0.278. The Morgan fingerprint density at radius 2 is 1.89 bits per heavy atom. The van der Waals surface area contributed by atoms with Crippen molar-refractivity contribution in [3.05, 3.63) is 41.6 Å². The molecular weight excluding hydrogens is 358 g/mol. The van der Waals surface area contributed by atoms with Crippen LogP contribution in [0.2, 0.25) is 0 Å². The largest absolute Gasteiger partial charge is 0.450 e. The van der Waals surface area contributed by atoms with Gasteiger partial charge in [0, 0.05) is 49.2 Å². The number of carbonyl (C=O) groups excluding carboxylic acids is 2. The Morgan fingerprint density at radius 1 is 1.14 bits per heavy atom. The van der Waals surface area contributed by atoms with Crippen LogP contribution in [0, 0.1) is 6.92 Å². The first-order chi connectivity index (χ1) is 13.5. The van der Waals surface area contributed by atoms with Gasteiger partial charge in [-0.25, -0.2) is 9.78 Å². The highest BCUT2D eigenvalue weighted by Gasteiger charge is 2.23. The van der Waals surface area contributed by atoms with Crippen molar-refractivity contribution < 1.29 is 14.3 Å². The van der Waals surface area contributed by atoms with E-state index >= 15 is 0 Å². The second-order valence-corrected chi connectivity index (χ2v) is 6.63. The minimum absolute atomic E-state index is 0.0164. The Hall–Kier alpha value is -3.16. The first kappa shape index (κ1) is 19.6. The van der Waals surface area contributed by atoms with Crippen molar-refractivity contribution >= 4 is 29.3 Å². The van der Waals surface area contributed by atoms with Crippen molar-refractivity contribution in [2.75, 3.05) is 43.0 Å². The Labute approximate surface area is 164 Å². The second kappa shape index (κ2) is 8.69. The Kier molecular flexibility index (Phi) is 6.08. The first-order valence-corrected chi connectivity index (χ1v) is 9.36. The van der Waals surface area contributed by atoms with E-state index in [9.17, 15) is 9.59 Å². The molecule has 0 radical (unpaired) electrons. The van der Waals surface area contributed by atoms with E-state index in [2.05, 4.69) is 20.2 Å². The van der Waals surface area contributed by atoms with Gasteiger partial charge in [-0.2, -0.15) is 4.98 Å². The summed E-state index contributed by atoms with van der Waals surface area (Å²) in [6.45, 7) is 8.05. The number of hydrogen-bond donors (Lipinski definition) is 1. The molecule has 2 heterocycles. The third-order valence-electron chi connectivity index (χ3n) is 4.47. The molecule has 8 nitrogen and oxygen atoms in total. The molecule has 0 unspecified atom stereocenters. The summed E-state index contributed by atoms with van der Waals surface area (Å²) in [7, 11) is 0. The fourth-order valence-corrected chi connectivity index (χ4v) is 3.03. The number of Topliss-reactive ketones (excluding diaryl/α,β-unsaturated/α-hetero) is 1. The molecule has 148 valence electrons. The van der Waals surface area contributed by atoms with Crippen LogP contribution in [0.1, 0.15) is 29.9 Å². The average Bonchev–Trinajstić information content (AvgIpc) is 2.68. The number of ketones is 1. The molecule has 1 aromatic carbocycles. The van der Waals surface area contributed by atoms with E-state index in [4.69, 9.17) is 4.74 Å². The van der Waals surface area contributed by atoms with E-state index in [1.54, 1.807) is 30.9 Å². The molecule has 0 bridgehead atoms. The summed E-state index contributed by atoms with van der Waals surface area (Å²) < 4.78 is 5.06. The number of ether oxygens (including phenoxy) is 1. The number of nitrogens with one attached hydrogen (secondary N) is 1. The topological polar surface area (TPSA) is 87.7 Å². The van der Waals surface area contributed by atoms with Gasteiger partial charge in [0.25, 0.3) is 0 Å². The molecule has 3 rings (SSSR count). The van der Waals surface area contributed by atoms with E-state index in [1.807, 2.05) is 25.1 Å². The van der Waals surface area contributed by atoms with Crippen molar-refractivity contribution in [3.8, 4) is 0 Å². The number of piperazine rings is 1. The van der Waals surface area contributed by atoms with Crippen LogP contribution in [-0.2, 0) is 4.74 Å². The van der Waals surface area contributed by atoms with Crippen LogP contribution in [0.25, 0.3) is 0 Å². The van der Waals surface area contributed by atoms with Crippen molar-refractivity contribution in [2.45, 2.75) is 20.8 Å². The molecule has 1 N–H and O–H groups in total. The van der Waals surface area contributed by atoms with Gasteiger partial charge in [-0.15, -0.1) is 0 Å². The van der Waals surface area contributed by atoms with E-state index in [1.165, 1.54) is 0 Å². The van der Waals surface area contributed by atoms with E-state index < -0.39 is 0 Å². The zero-order chi connectivity index (χ0) is 20.1.